The second-order valence-electron chi connectivity index (χ2n) is 6.44. The van der Waals surface area contributed by atoms with Gasteiger partial charge in [-0.05, 0) is 70.7 Å². The van der Waals surface area contributed by atoms with E-state index < -0.39 is 12.1 Å². The number of fused-ring (bicyclic) bond motifs is 1. The Balaban J connectivity index is 1.73. The standard InChI is InChI=1S/C19H18F3IO2/c20-19(21,22)14-3-5-15(6-4-14)25-17-8-2-13-11-12(9-10-24)1-7-16(13)18(17)23/h1-2,7-8,10-11,14-15H,3-6,9H2. The van der Waals surface area contributed by atoms with Gasteiger partial charge in [-0.2, -0.15) is 13.2 Å². The summed E-state index contributed by atoms with van der Waals surface area (Å²) in [5.41, 5.74) is 0.956. The van der Waals surface area contributed by atoms with Gasteiger partial charge in [0.2, 0.25) is 0 Å². The molecule has 0 spiro atoms. The minimum absolute atomic E-state index is 0.132. The van der Waals surface area contributed by atoms with Gasteiger partial charge in [-0.25, -0.2) is 0 Å². The van der Waals surface area contributed by atoms with Gasteiger partial charge in [-0.15, -0.1) is 0 Å². The second kappa shape index (κ2) is 7.51. The van der Waals surface area contributed by atoms with Crippen molar-refractivity contribution >= 4 is 39.6 Å². The summed E-state index contributed by atoms with van der Waals surface area (Å²) in [6, 6.07) is 9.65. The van der Waals surface area contributed by atoms with Gasteiger partial charge in [0.15, 0.2) is 0 Å². The molecule has 1 aliphatic rings. The van der Waals surface area contributed by atoms with Gasteiger partial charge in [-0.1, -0.05) is 24.3 Å². The number of hydrogen-bond acceptors (Lipinski definition) is 2. The minimum Gasteiger partial charge on any atom is -0.489 e. The highest BCUT2D eigenvalue weighted by atomic mass is 127. The Hall–Kier alpha value is -1.31. The molecule has 2 aromatic rings. The summed E-state index contributed by atoms with van der Waals surface area (Å²) in [6.45, 7) is 0. The molecule has 0 unspecified atom stereocenters. The molecule has 0 heterocycles. The lowest BCUT2D eigenvalue weighted by molar-refractivity contribution is -0.185. The average Bonchev–Trinajstić information content (AvgIpc) is 2.57. The van der Waals surface area contributed by atoms with Crippen LogP contribution in [0.15, 0.2) is 30.3 Å². The van der Waals surface area contributed by atoms with Crippen molar-refractivity contribution in [2.45, 2.75) is 44.4 Å². The maximum atomic E-state index is 12.8. The van der Waals surface area contributed by atoms with Crippen molar-refractivity contribution in [2.75, 3.05) is 0 Å². The highest BCUT2D eigenvalue weighted by Gasteiger charge is 2.41. The van der Waals surface area contributed by atoms with E-state index in [4.69, 9.17) is 4.74 Å². The first-order valence-electron chi connectivity index (χ1n) is 8.26. The van der Waals surface area contributed by atoms with E-state index in [2.05, 4.69) is 22.6 Å². The summed E-state index contributed by atoms with van der Waals surface area (Å²) in [7, 11) is 0. The molecule has 0 saturated heterocycles. The molecule has 6 heteroatoms. The van der Waals surface area contributed by atoms with Crippen molar-refractivity contribution in [3.8, 4) is 5.75 Å². The van der Waals surface area contributed by atoms with E-state index in [1.165, 1.54) is 0 Å². The number of rotatable bonds is 4. The van der Waals surface area contributed by atoms with Gasteiger partial charge in [0, 0.05) is 6.42 Å². The van der Waals surface area contributed by atoms with Crippen molar-refractivity contribution in [1.29, 1.82) is 0 Å². The number of ether oxygens (including phenoxy) is 1. The Kier molecular flexibility index (Phi) is 5.55. The van der Waals surface area contributed by atoms with Crippen LogP contribution in [0.3, 0.4) is 0 Å². The SMILES string of the molecule is O=CCc1ccc2c(I)c(OC3CCC(C(F)(F)F)CC3)ccc2c1. The second-order valence-corrected chi connectivity index (χ2v) is 7.52. The first kappa shape index (κ1) is 18.5. The molecule has 3 rings (SSSR count). The molecule has 0 radical (unpaired) electrons. The molecule has 0 atom stereocenters. The zero-order valence-corrected chi connectivity index (χ0v) is 15.6. The van der Waals surface area contributed by atoms with E-state index >= 15 is 0 Å². The Morgan fingerprint density at radius 1 is 1.12 bits per heavy atom. The third kappa shape index (κ3) is 4.27. The molecular formula is C19H18F3IO2. The van der Waals surface area contributed by atoms with Crippen LogP contribution in [0, 0.1) is 9.49 Å². The number of alkyl halides is 3. The normalized spacial score (nSPS) is 21.3. The summed E-state index contributed by atoms with van der Waals surface area (Å²) in [5.74, 6) is -0.481. The van der Waals surface area contributed by atoms with Crippen LogP contribution in [0.1, 0.15) is 31.2 Å². The third-order valence-electron chi connectivity index (χ3n) is 4.73. The number of hydrogen-bond donors (Lipinski definition) is 0. The largest absolute Gasteiger partial charge is 0.489 e. The van der Waals surface area contributed by atoms with Crippen LogP contribution in [-0.4, -0.2) is 18.6 Å². The lowest BCUT2D eigenvalue weighted by atomic mass is 9.87. The number of benzene rings is 2. The molecular weight excluding hydrogens is 444 g/mol. The van der Waals surface area contributed by atoms with Crippen LogP contribution in [0.4, 0.5) is 13.2 Å². The predicted molar refractivity (Wildman–Crippen MR) is 98.9 cm³/mol. The number of carbonyl (C=O) groups excluding carboxylic acids is 1. The van der Waals surface area contributed by atoms with E-state index in [9.17, 15) is 18.0 Å². The van der Waals surface area contributed by atoms with E-state index in [1.807, 2.05) is 30.3 Å². The molecule has 0 aliphatic heterocycles. The lowest BCUT2D eigenvalue weighted by Crippen LogP contribution is -2.32. The first-order chi connectivity index (χ1) is 11.9. The predicted octanol–water partition coefficient (Wildman–Crippen LogP) is 5.69. The minimum atomic E-state index is -4.10. The van der Waals surface area contributed by atoms with Crippen LogP contribution in [0.2, 0.25) is 0 Å². The summed E-state index contributed by atoms with van der Waals surface area (Å²) in [4.78, 5) is 10.6. The number of aldehydes is 1. The molecule has 134 valence electrons. The highest BCUT2D eigenvalue weighted by molar-refractivity contribution is 14.1. The molecule has 0 N–H and O–H groups in total. The van der Waals surface area contributed by atoms with Gasteiger partial charge in [0.05, 0.1) is 15.6 Å². The van der Waals surface area contributed by atoms with E-state index in [1.54, 1.807) is 0 Å². The van der Waals surface area contributed by atoms with Crippen LogP contribution >= 0.6 is 22.6 Å². The summed E-state index contributed by atoms with van der Waals surface area (Å²) in [5, 5.41) is 2.05. The maximum absolute atomic E-state index is 12.8. The molecule has 2 aromatic carbocycles. The topological polar surface area (TPSA) is 26.3 Å². The van der Waals surface area contributed by atoms with Crippen molar-refractivity contribution in [1.82, 2.24) is 0 Å². The Morgan fingerprint density at radius 3 is 2.48 bits per heavy atom. The van der Waals surface area contributed by atoms with E-state index in [0.717, 1.165) is 26.2 Å². The fourth-order valence-corrected chi connectivity index (χ4v) is 4.12. The molecule has 0 amide bonds. The molecule has 0 aromatic heterocycles. The van der Waals surface area contributed by atoms with Crippen molar-refractivity contribution in [3.63, 3.8) is 0 Å². The molecule has 1 aliphatic carbocycles. The zero-order valence-electron chi connectivity index (χ0n) is 13.5. The third-order valence-corrected chi connectivity index (χ3v) is 5.85. The number of carbonyl (C=O) groups is 1. The van der Waals surface area contributed by atoms with Crippen molar-refractivity contribution in [3.05, 3.63) is 39.5 Å². The van der Waals surface area contributed by atoms with Crippen LogP contribution < -0.4 is 4.74 Å². The molecule has 1 saturated carbocycles. The number of halogens is 4. The van der Waals surface area contributed by atoms with Crippen LogP contribution in [0.25, 0.3) is 10.8 Å². The molecule has 0 bridgehead atoms. The fraction of sp³-hybridized carbons (Fsp3) is 0.421. The summed E-state index contributed by atoms with van der Waals surface area (Å²) in [6.07, 6.45) is -1.89. The van der Waals surface area contributed by atoms with Gasteiger partial charge in [0.25, 0.3) is 0 Å². The Labute approximate surface area is 157 Å². The van der Waals surface area contributed by atoms with Gasteiger partial charge >= 0.3 is 6.18 Å². The van der Waals surface area contributed by atoms with Crippen LogP contribution in [-0.2, 0) is 11.2 Å². The van der Waals surface area contributed by atoms with Crippen molar-refractivity contribution < 1.29 is 22.7 Å². The van der Waals surface area contributed by atoms with Gasteiger partial charge in [-0.3, -0.25) is 0 Å². The first-order valence-corrected chi connectivity index (χ1v) is 9.34. The fourth-order valence-electron chi connectivity index (χ4n) is 3.32. The lowest BCUT2D eigenvalue weighted by Gasteiger charge is -2.30. The molecule has 1 fully saturated rings. The van der Waals surface area contributed by atoms with Crippen LogP contribution in [0.5, 0.6) is 5.75 Å². The Morgan fingerprint density at radius 2 is 1.84 bits per heavy atom. The van der Waals surface area contributed by atoms with E-state index in [0.29, 0.717) is 25.0 Å². The Bertz CT molecular complexity index is 765. The van der Waals surface area contributed by atoms with Crippen molar-refractivity contribution in [2.24, 2.45) is 5.92 Å². The summed E-state index contributed by atoms with van der Waals surface area (Å²) < 4.78 is 45.2. The molecule has 2 nitrogen and oxygen atoms in total. The quantitative estimate of drug-likeness (QED) is 0.432. The highest BCUT2D eigenvalue weighted by Crippen LogP contribution is 2.39. The van der Waals surface area contributed by atoms with Gasteiger partial charge in [0.1, 0.15) is 12.0 Å². The molecule has 25 heavy (non-hydrogen) atoms. The monoisotopic (exact) mass is 462 g/mol. The van der Waals surface area contributed by atoms with Gasteiger partial charge < -0.3 is 9.53 Å². The van der Waals surface area contributed by atoms with E-state index in [-0.39, 0.29) is 18.9 Å². The average molecular weight is 462 g/mol. The summed E-state index contributed by atoms with van der Waals surface area (Å²) >= 11 is 2.21. The zero-order chi connectivity index (χ0) is 18.0. The maximum Gasteiger partial charge on any atom is 0.391 e. The smallest absolute Gasteiger partial charge is 0.391 e.